The Balaban J connectivity index is 2.77. The van der Waals surface area contributed by atoms with Crippen LogP contribution in [0.4, 0.5) is 4.39 Å². The Morgan fingerprint density at radius 1 is 1.46 bits per heavy atom. The quantitative estimate of drug-likeness (QED) is 0.749. The van der Waals surface area contributed by atoms with Crippen molar-refractivity contribution in [1.29, 1.82) is 0 Å². The van der Waals surface area contributed by atoms with Crippen LogP contribution in [0.3, 0.4) is 0 Å². The van der Waals surface area contributed by atoms with Crippen LogP contribution in [-0.2, 0) is 6.42 Å². The second-order valence-corrected chi connectivity index (χ2v) is 4.37. The fraction of sp³-hybridized carbons (Fsp3) is 0.455. The number of halogens is 2. The highest BCUT2D eigenvalue weighted by molar-refractivity contribution is 9.10. The van der Waals surface area contributed by atoms with Gasteiger partial charge in [0.15, 0.2) is 0 Å². The molecule has 0 bridgehead atoms. The maximum atomic E-state index is 13.3. The molecule has 0 saturated carbocycles. The Bertz CT molecular complexity index is 283. The lowest BCUT2D eigenvalue weighted by molar-refractivity contribution is 0.531. The van der Waals surface area contributed by atoms with E-state index >= 15 is 0 Å². The Hall–Kier alpha value is -0.370. The van der Waals surface area contributed by atoms with Crippen molar-refractivity contribution >= 4 is 15.9 Å². The van der Waals surface area contributed by atoms with Gasteiger partial charge in [-0.15, -0.1) is 0 Å². The van der Waals surface area contributed by atoms with Crippen LogP contribution in [0, 0.1) is 11.7 Å². The maximum absolute atomic E-state index is 13.3. The first-order valence-corrected chi connectivity index (χ1v) is 5.36. The van der Waals surface area contributed by atoms with Crippen molar-refractivity contribution in [2.75, 3.05) is 0 Å². The predicted octanol–water partition coefficient (Wildman–Crippen LogP) is 4.18. The van der Waals surface area contributed by atoms with Gasteiger partial charge in [-0.25, -0.2) is 4.39 Å². The topological polar surface area (TPSA) is 0 Å². The normalized spacial score (nSPS) is 12.9. The van der Waals surface area contributed by atoms with Crippen molar-refractivity contribution in [2.24, 2.45) is 5.92 Å². The van der Waals surface area contributed by atoms with Gasteiger partial charge in [-0.05, 0) is 30.0 Å². The first kappa shape index (κ1) is 10.7. The molecule has 2 heteroatoms. The summed E-state index contributed by atoms with van der Waals surface area (Å²) < 4.78 is 14.1. The standard InChI is InChI=1S/C11H14BrF/c1-3-8(2)6-9-4-5-10(12)7-11(9)13/h4-5,7-8H,3,6H2,1-2H3. The van der Waals surface area contributed by atoms with Crippen molar-refractivity contribution in [3.8, 4) is 0 Å². The van der Waals surface area contributed by atoms with Gasteiger partial charge in [0.25, 0.3) is 0 Å². The maximum Gasteiger partial charge on any atom is 0.127 e. The third-order valence-electron chi connectivity index (χ3n) is 2.28. The second kappa shape index (κ2) is 4.75. The van der Waals surface area contributed by atoms with Crippen LogP contribution in [0.1, 0.15) is 25.8 Å². The van der Waals surface area contributed by atoms with E-state index in [4.69, 9.17) is 0 Å². The van der Waals surface area contributed by atoms with E-state index in [0.717, 1.165) is 22.9 Å². The Morgan fingerprint density at radius 3 is 2.69 bits per heavy atom. The number of rotatable bonds is 3. The Morgan fingerprint density at radius 2 is 2.15 bits per heavy atom. The van der Waals surface area contributed by atoms with Crippen LogP contribution in [-0.4, -0.2) is 0 Å². The van der Waals surface area contributed by atoms with Crippen LogP contribution in [0.2, 0.25) is 0 Å². The second-order valence-electron chi connectivity index (χ2n) is 3.45. The summed E-state index contributed by atoms with van der Waals surface area (Å²) in [4.78, 5) is 0. The minimum absolute atomic E-state index is 0.102. The molecule has 1 aromatic carbocycles. The lowest BCUT2D eigenvalue weighted by Gasteiger charge is -2.09. The minimum Gasteiger partial charge on any atom is -0.207 e. The van der Waals surface area contributed by atoms with E-state index < -0.39 is 0 Å². The molecular weight excluding hydrogens is 231 g/mol. The Labute approximate surface area is 87.3 Å². The molecule has 0 aliphatic rings. The molecule has 0 aliphatic carbocycles. The molecule has 1 aromatic rings. The van der Waals surface area contributed by atoms with Gasteiger partial charge in [-0.1, -0.05) is 42.3 Å². The van der Waals surface area contributed by atoms with Crippen LogP contribution in [0.15, 0.2) is 22.7 Å². The molecule has 0 spiro atoms. The van der Waals surface area contributed by atoms with Crippen LogP contribution < -0.4 is 0 Å². The molecule has 1 atom stereocenters. The summed E-state index contributed by atoms with van der Waals surface area (Å²) in [5, 5.41) is 0. The fourth-order valence-electron chi connectivity index (χ4n) is 1.21. The van der Waals surface area contributed by atoms with E-state index in [-0.39, 0.29) is 5.82 Å². The smallest absolute Gasteiger partial charge is 0.127 e. The van der Waals surface area contributed by atoms with E-state index in [1.165, 1.54) is 6.07 Å². The van der Waals surface area contributed by atoms with Gasteiger partial charge >= 0.3 is 0 Å². The van der Waals surface area contributed by atoms with E-state index in [2.05, 4.69) is 29.8 Å². The van der Waals surface area contributed by atoms with Crippen molar-refractivity contribution in [1.82, 2.24) is 0 Å². The van der Waals surface area contributed by atoms with E-state index in [9.17, 15) is 4.39 Å². The monoisotopic (exact) mass is 244 g/mol. The first-order chi connectivity index (χ1) is 6.13. The highest BCUT2D eigenvalue weighted by atomic mass is 79.9. The molecular formula is C11H14BrF. The fourth-order valence-corrected chi connectivity index (χ4v) is 1.54. The van der Waals surface area contributed by atoms with Gasteiger partial charge in [0.05, 0.1) is 0 Å². The average Bonchev–Trinajstić information content (AvgIpc) is 2.09. The lowest BCUT2D eigenvalue weighted by Crippen LogP contribution is -2.00. The third kappa shape index (κ3) is 3.11. The summed E-state index contributed by atoms with van der Waals surface area (Å²) >= 11 is 3.24. The molecule has 13 heavy (non-hydrogen) atoms. The molecule has 1 unspecified atom stereocenters. The predicted molar refractivity (Wildman–Crippen MR) is 57.3 cm³/mol. The van der Waals surface area contributed by atoms with Gasteiger partial charge in [-0.3, -0.25) is 0 Å². The molecule has 0 fully saturated rings. The molecule has 0 N–H and O–H groups in total. The van der Waals surface area contributed by atoms with Crippen molar-refractivity contribution < 1.29 is 4.39 Å². The highest BCUT2D eigenvalue weighted by Crippen LogP contribution is 2.19. The van der Waals surface area contributed by atoms with Gasteiger partial charge in [0, 0.05) is 4.47 Å². The highest BCUT2D eigenvalue weighted by Gasteiger charge is 2.06. The van der Waals surface area contributed by atoms with Gasteiger partial charge in [0.2, 0.25) is 0 Å². The summed E-state index contributed by atoms with van der Waals surface area (Å²) in [5.74, 6) is 0.449. The van der Waals surface area contributed by atoms with E-state index in [0.29, 0.717) is 5.92 Å². The number of benzene rings is 1. The largest absolute Gasteiger partial charge is 0.207 e. The SMILES string of the molecule is CCC(C)Cc1ccc(Br)cc1F. The van der Waals surface area contributed by atoms with Gasteiger partial charge in [0.1, 0.15) is 5.82 Å². The molecule has 0 aliphatic heterocycles. The zero-order valence-corrected chi connectivity index (χ0v) is 9.57. The molecule has 0 saturated heterocycles. The van der Waals surface area contributed by atoms with Crippen molar-refractivity contribution in [2.45, 2.75) is 26.7 Å². The zero-order valence-electron chi connectivity index (χ0n) is 7.98. The summed E-state index contributed by atoms with van der Waals surface area (Å²) in [6, 6.07) is 5.27. The van der Waals surface area contributed by atoms with Crippen LogP contribution >= 0.6 is 15.9 Å². The minimum atomic E-state index is -0.102. The average molecular weight is 245 g/mol. The van der Waals surface area contributed by atoms with Gasteiger partial charge < -0.3 is 0 Å². The van der Waals surface area contributed by atoms with E-state index in [1.807, 2.05) is 12.1 Å². The molecule has 72 valence electrons. The molecule has 0 heterocycles. The molecule has 0 radical (unpaired) electrons. The third-order valence-corrected chi connectivity index (χ3v) is 2.77. The van der Waals surface area contributed by atoms with Crippen molar-refractivity contribution in [3.05, 3.63) is 34.1 Å². The molecule has 0 amide bonds. The van der Waals surface area contributed by atoms with Gasteiger partial charge in [-0.2, -0.15) is 0 Å². The molecule has 0 nitrogen and oxygen atoms in total. The first-order valence-electron chi connectivity index (χ1n) is 4.57. The van der Waals surface area contributed by atoms with Crippen LogP contribution in [0.5, 0.6) is 0 Å². The zero-order chi connectivity index (χ0) is 9.84. The summed E-state index contributed by atoms with van der Waals surface area (Å²) in [6.07, 6.45) is 1.92. The number of hydrogen-bond acceptors (Lipinski definition) is 0. The van der Waals surface area contributed by atoms with Crippen molar-refractivity contribution in [3.63, 3.8) is 0 Å². The number of hydrogen-bond donors (Lipinski definition) is 0. The molecule has 0 aromatic heterocycles. The molecule has 1 rings (SSSR count). The lowest BCUT2D eigenvalue weighted by atomic mass is 9.99. The Kier molecular flexibility index (Phi) is 3.91. The van der Waals surface area contributed by atoms with E-state index in [1.54, 1.807) is 0 Å². The summed E-state index contributed by atoms with van der Waals surface area (Å²) in [7, 11) is 0. The summed E-state index contributed by atoms with van der Waals surface area (Å²) in [5.41, 5.74) is 0.817. The summed E-state index contributed by atoms with van der Waals surface area (Å²) in [6.45, 7) is 4.27. The van der Waals surface area contributed by atoms with Crippen LogP contribution in [0.25, 0.3) is 0 Å².